The average Bonchev–Trinajstić information content (AvgIpc) is 3.56. The number of nitrogens with two attached hydrogens (primary N) is 1. The molecule has 210 valence electrons. The number of piperidine rings is 1. The molecule has 15 nitrogen and oxygen atoms in total. The lowest BCUT2D eigenvalue weighted by atomic mass is 9.92. The fourth-order valence-corrected chi connectivity index (χ4v) is 5.20. The zero-order chi connectivity index (χ0) is 27.3. The lowest BCUT2D eigenvalue weighted by Crippen LogP contribution is -2.56. The van der Waals surface area contributed by atoms with E-state index in [-0.39, 0.29) is 17.8 Å². The molecule has 6 N–H and O–H groups in total. The predicted molar refractivity (Wildman–Crippen MR) is 133 cm³/mol. The first-order valence-corrected chi connectivity index (χ1v) is 13.3. The second-order valence-corrected chi connectivity index (χ2v) is 10.6. The Hall–Kier alpha value is -3.56. The summed E-state index contributed by atoms with van der Waals surface area (Å²) in [5, 5.41) is 26.5. The zero-order valence-corrected chi connectivity index (χ0v) is 21.2. The summed E-state index contributed by atoms with van der Waals surface area (Å²) in [6.07, 6.45) is -0.151. The number of ether oxygens (including phenoxy) is 2. The van der Waals surface area contributed by atoms with Crippen LogP contribution < -0.4 is 16.4 Å². The molecule has 2 aromatic heterocycles. The van der Waals surface area contributed by atoms with E-state index >= 15 is 0 Å². The number of imidazole rings is 1. The molecule has 3 amide bonds. The van der Waals surface area contributed by atoms with Gasteiger partial charge in [-0.1, -0.05) is 0 Å². The molecule has 5 atom stereocenters. The van der Waals surface area contributed by atoms with Crippen molar-refractivity contribution in [1.29, 1.82) is 0 Å². The van der Waals surface area contributed by atoms with Crippen LogP contribution >= 0.6 is 0 Å². The zero-order valence-electron chi connectivity index (χ0n) is 21.2. The minimum atomic E-state index is -1.40. The molecule has 6 rings (SSSR count). The number of nitrogens with zero attached hydrogens (tertiary/aromatic N) is 5. The highest BCUT2D eigenvalue weighted by molar-refractivity contribution is 5.88. The minimum absolute atomic E-state index is 0.0882. The largest absolute Gasteiger partial charge is 0.434 e. The molecule has 39 heavy (non-hydrogen) atoms. The van der Waals surface area contributed by atoms with Crippen LogP contribution in [0.25, 0.3) is 11.2 Å². The quantitative estimate of drug-likeness (QED) is 0.256. The van der Waals surface area contributed by atoms with Gasteiger partial charge in [0.25, 0.3) is 11.8 Å². The molecule has 4 fully saturated rings. The van der Waals surface area contributed by atoms with Crippen LogP contribution in [0, 0.1) is 5.92 Å². The number of likely N-dealkylation sites (tertiary alicyclic amines) is 1. The summed E-state index contributed by atoms with van der Waals surface area (Å²) >= 11 is 0. The number of aliphatic hydroxyl groups is 2. The topological polar surface area (TPSA) is 207 Å². The number of aromatic nitrogens is 4. The van der Waals surface area contributed by atoms with Gasteiger partial charge in [0.1, 0.15) is 23.5 Å². The SMILES string of the molecule is Nc1nc(CCC2CCN(C(=O)OC3CNC3=O)CC2)nc2c1ncn2[C@@H]1O[C@H](C(=O)NC2CC2)C(O)C1O. The van der Waals surface area contributed by atoms with E-state index in [1.165, 1.54) is 10.9 Å². The monoisotopic (exact) mass is 544 g/mol. The van der Waals surface area contributed by atoms with Crippen molar-refractivity contribution in [3.05, 3.63) is 12.2 Å². The van der Waals surface area contributed by atoms with E-state index in [0.29, 0.717) is 49.0 Å². The molecule has 5 heterocycles. The second kappa shape index (κ2) is 10.2. The van der Waals surface area contributed by atoms with E-state index in [0.717, 1.165) is 32.1 Å². The standard InChI is InChI=1S/C24H32N8O7/c25-19-15-20(32(10-27-15)23-17(34)16(33)18(39-23)22(36)28-12-2-3-12)30-14(29-19)4-1-11-5-7-31(8-6-11)24(37)38-13-9-26-21(13)35/h10-13,16-18,23,33-34H,1-9H2,(H,26,35)(H,28,36)(H2,25,29,30)/t13?,16?,17?,18-,23+/m0/s1. The van der Waals surface area contributed by atoms with Crippen LogP contribution in [-0.2, 0) is 25.5 Å². The molecule has 0 radical (unpaired) electrons. The molecule has 1 saturated carbocycles. The van der Waals surface area contributed by atoms with Gasteiger partial charge in [0.15, 0.2) is 29.9 Å². The molecule has 3 unspecified atom stereocenters. The molecule has 15 heteroatoms. The Morgan fingerprint density at radius 3 is 2.62 bits per heavy atom. The van der Waals surface area contributed by atoms with Crippen molar-refractivity contribution in [2.75, 3.05) is 25.4 Å². The lowest BCUT2D eigenvalue weighted by Gasteiger charge is -2.33. The number of hydrogen-bond acceptors (Lipinski definition) is 11. The normalized spacial score (nSPS) is 29.2. The van der Waals surface area contributed by atoms with Gasteiger partial charge in [0.05, 0.1) is 12.9 Å². The smallest absolute Gasteiger partial charge is 0.410 e. The fourth-order valence-electron chi connectivity index (χ4n) is 5.20. The van der Waals surface area contributed by atoms with Crippen molar-refractivity contribution in [1.82, 2.24) is 35.1 Å². The van der Waals surface area contributed by atoms with E-state index in [9.17, 15) is 24.6 Å². The Balaban J connectivity index is 1.08. The van der Waals surface area contributed by atoms with Gasteiger partial charge in [0, 0.05) is 25.6 Å². The molecule has 4 aliphatic rings. The average molecular weight is 545 g/mol. The van der Waals surface area contributed by atoms with Gasteiger partial charge in [-0.2, -0.15) is 0 Å². The van der Waals surface area contributed by atoms with Crippen molar-refractivity contribution in [2.45, 2.75) is 75.2 Å². The lowest BCUT2D eigenvalue weighted by molar-refractivity contribution is -0.138. The van der Waals surface area contributed by atoms with E-state index in [2.05, 4.69) is 25.6 Å². The molecule has 3 saturated heterocycles. The summed E-state index contributed by atoms with van der Waals surface area (Å²) in [4.78, 5) is 51.0. The Kier molecular flexibility index (Phi) is 6.72. The number of aryl methyl sites for hydroxylation is 1. The van der Waals surface area contributed by atoms with Gasteiger partial charge in [-0.3, -0.25) is 14.2 Å². The fraction of sp³-hybridized carbons (Fsp3) is 0.667. The number of amides is 3. The Morgan fingerprint density at radius 2 is 1.95 bits per heavy atom. The van der Waals surface area contributed by atoms with Gasteiger partial charge in [-0.15, -0.1) is 0 Å². The number of aliphatic hydroxyl groups excluding tert-OH is 2. The number of hydrogen-bond donors (Lipinski definition) is 5. The highest BCUT2D eigenvalue weighted by Gasteiger charge is 2.48. The van der Waals surface area contributed by atoms with Crippen molar-refractivity contribution < 1.29 is 34.1 Å². The van der Waals surface area contributed by atoms with Crippen LogP contribution in [0.2, 0.25) is 0 Å². The maximum absolute atomic E-state index is 12.5. The number of carbonyl (C=O) groups excluding carboxylic acids is 3. The van der Waals surface area contributed by atoms with Gasteiger partial charge in [0.2, 0.25) is 0 Å². The van der Waals surface area contributed by atoms with Crippen molar-refractivity contribution in [3.63, 3.8) is 0 Å². The molecule has 3 aliphatic heterocycles. The third-order valence-electron chi connectivity index (χ3n) is 7.84. The molecule has 2 aromatic rings. The number of fused-ring (bicyclic) bond motifs is 1. The van der Waals surface area contributed by atoms with Crippen LogP contribution in [0.3, 0.4) is 0 Å². The number of nitrogen functional groups attached to an aromatic ring is 1. The molecule has 0 spiro atoms. The Bertz CT molecular complexity index is 1270. The van der Waals surface area contributed by atoms with Gasteiger partial charge in [-0.25, -0.2) is 19.7 Å². The Labute approximate surface area is 223 Å². The predicted octanol–water partition coefficient (Wildman–Crippen LogP) is -1.41. The van der Waals surface area contributed by atoms with E-state index < -0.39 is 42.6 Å². The van der Waals surface area contributed by atoms with Crippen molar-refractivity contribution in [2.24, 2.45) is 5.92 Å². The first-order chi connectivity index (χ1) is 18.8. The van der Waals surface area contributed by atoms with Crippen molar-refractivity contribution >= 4 is 34.9 Å². The second-order valence-electron chi connectivity index (χ2n) is 10.6. The van der Waals surface area contributed by atoms with E-state index in [1.54, 1.807) is 4.90 Å². The first-order valence-electron chi connectivity index (χ1n) is 13.3. The summed E-state index contributed by atoms with van der Waals surface area (Å²) in [6.45, 7) is 1.44. The summed E-state index contributed by atoms with van der Waals surface area (Å²) in [6, 6.07) is 0.0882. The van der Waals surface area contributed by atoms with Crippen LogP contribution in [0.4, 0.5) is 10.6 Å². The van der Waals surface area contributed by atoms with Crippen LogP contribution in [0.5, 0.6) is 0 Å². The molecule has 1 aliphatic carbocycles. The van der Waals surface area contributed by atoms with Gasteiger partial charge < -0.3 is 41.0 Å². The number of rotatable bonds is 7. The summed E-state index contributed by atoms with van der Waals surface area (Å²) in [7, 11) is 0. The molecular weight excluding hydrogens is 512 g/mol. The summed E-state index contributed by atoms with van der Waals surface area (Å²) in [5.74, 6) is 0.295. The Morgan fingerprint density at radius 1 is 1.18 bits per heavy atom. The minimum Gasteiger partial charge on any atom is -0.434 e. The highest BCUT2D eigenvalue weighted by atomic mass is 16.6. The number of anilines is 1. The third kappa shape index (κ3) is 5.08. The van der Waals surface area contributed by atoms with Crippen LogP contribution in [0.1, 0.15) is 44.2 Å². The van der Waals surface area contributed by atoms with Crippen molar-refractivity contribution in [3.8, 4) is 0 Å². The van der Waals surface area contributed by atoms with Crippen LogP contribution in [0.15, 0.2) is 6.33 Å². The maximum atomic E-state index is 12.5. The van der Waals surface area contributed by atoms with Gasteiger partial charge >= 0.3 is 6.09 Å². The number of β-lactam (4-membered cyclic amide) rings is 1. The third-order valence-corrected chi connectivity index (χ3v) is 7.84. The molecule has 0 aromatic carbocycles. The summed E-state index contributed by atoms with van der Waals surface area (Å²) < 4.78 is 12.5. The van der Waals surface area contributed by atoms with E-state index in [1.807, 2.05) is 0 Å². The maximum Gasteiger partial charge on any atom is 0.410 e. The molecule has 0 bridgehead atoms. The van der Waals surface area contributed by atoms with E-state index in [4.69, 9.17) is 15.2 Å². The molecular formula is C24H32N8O7. The first kappa shape index (κ1) is 25.7. The van der Waals surface area contributed by atoms with Gasteiger partial charge in [-0.05, 0) is 38.0 Å². The van der Waals surface area contributed by atoms with Crippen LogP contribution in [-0.4, -0.2) is 103 Å². The highest BCUT2D eigenvalue weighted by Crippen LogP contribution is 2.33. The number of carbonyl (C=O) groups is 3. The number of nitrogens with one attached hydrogen (secondary N) is 2. The summed E-state index contributed by atoms with van der Waals surface area (Å²) in [5.41, 5.74) is 6.84.